The summed E-state index contributed by atoms with van der Waals surface area (Å²) in [5.41, 5.74) is 0. The van der Waals surface area contributed by atoms with Gasteiger partial charge < -0.3 is 9.67 Å². The first-order chi connectivity index (χ1) is 5.25. The average Bonchev–Trinajstić information content (AvgIpc) is 2.36. The first kappa shape index (κ1) is 8.27. The molecule has 0 aliphatic heterocycles. The molecule has 3 heteroatoms. The van der Waals surface area contributed by atoms with Crippen LogP contribution >= 0.6 is 0 Å². The van der Waals surface area contributed by atoms with E-state index in [-0.39, 0.29) is 0 Å². The van der Waals surface area contributed by atoms with E-state index in [0.717, 1.165) is 18.8 Å². The predicted molar refractivity (Wildman–Crippen MR) is 43.2 cm³/mol. The van der Waals surface area contributed by atoms with Gasteiger partial charge in [0.15, 0.2) is 0 Å². The van der Waals surface area contributed by atoms with Gasteiger partial charge in [-0.1, -0.05) is 6.92 Å². The van der Waals surface area contributed by atoms with Crippen molar-refractivity contribution < 1.29 is 5.11 Å². The zero-order chi connectivity index (χ0) is 8.27. The third kappa shape index (κ3) is 1.80. The van der Waals surface area contributed by atoms with Gasteiger partial charge in [-0.3, -0.25) is 0 Å². The second kappa shape index (κ2) is 3.53. The Hall–Kier alpha value is -0.830. The van der Waals surface area contributed by atoms with Crippen LogP contribution in [0.4, 0.5) is 0 Å². The highest BCUT2D eigenvalue weighted by atomic mass is 16.3. The minimum absolute atomic E-state index is 0.462. The molecule has 0 amide bonds. The van der Waals surface area contributed by atoms with Gasteiger partial charge in [-0.2, -0.15) is 0 Å². The summed E-state index contributed by atoms with van der Waals surface area (Å²) >= 11 is 0. The molecule has 11 heavy (non-hydrogen) atoms. The lowest BCUT2D eigenvalue weighted by molar-refractivity contribution is 0.183. The molecular formula is C8H14N2O. The Morgan fingerprint density at radius 2 is 2.45 bits per heavy atom. The molecule has 1 atom stereocenters. The quantitative estimate of drug-likeness (QED) is 0.713. The highest BCUT2D eigenvalue weighted by Crippen LogP contribution is 2.09. The van der Waals surface area contributed by atoms with Gasteiger partial charge in [-0.25, -0.2) is 4.98 Å². The van der Waals surface area contributed by atoms with Crippen LogP contribution in [0.2, 0.25) is 0 Å². The molecule has 0 radical (unpaired) electrons. The van der Waals surface area contributed by atoms with Crippen LogP contribution in [0.1, 0.15) is 32.2 Å². The summed E-state index contributed by atoms with van der Waals surface area (Å²) in [4.78, 5) is 4.05. The number of aromatic nitrogens is 2. The summed E-state index contributed by atoms with van der Waals surface area (Å²) < 4.78 is 1.98. The zero-order valence-corrected chi connectivity index (χ0v) is 6.99. The largest absolute Gasteiger partial charge is 0.385 e. The number of imidazole rings is 1. The molecule has 1 heterocycles. The van der Waals surface area contributed by atoms with Gasteiger partial charge in [-0.05, 0) is 13.3 Å². The predicted octanol–water partition coefficient (Wildman–Crippen LogP) is 1.35. The molecule has 0 aromatic carbocycles. The molecular weight excluding hydrogens is 140 g/mol. The van der Waals surface area contributed by atoms with Crippen molar-refractivity contribution in [3.05, 3.63) is 18.2 Å². The number of nitrogens with zero attached hydrogens (tertiary/aromatic N) is 2. The maximum absolute atomic E-state index is 9.24. The number of rotatable bonds is 3. The molecule has 1 aromatic rings. The minimum atomic E-state index is -0.462. The topological polar surface area (TPSA) is 38.0 Å². The van der Waals surface area contributed by atoms with Gasteiger partial charge in [0, 0.05) is 18.9 Å². The zero-order valence-electron chi connectivity index (χ0n) is 6.99. The van der Waals surface area contributed by atoms with Crippen molar-refractivity contribution in [2.75, 3.05) is 0 Å². The Balaban J connectivity index is 2.78. The van der Waals surface area contributed by atoms with Crippen LogP contribution in [-0.4, -0.2) is 14.7 Å². The van der Waals surface area contributed by atoms with Crippen molar-refractivity contribution in [2.24, 2.45) is 0 Å². The fourth-order valence-corrected chi connectivity index (χ4v) is 1.12. The maximum Gasteiger partial charge on any atom is 0.137 e. The third-order valence-electron chi connectivity index (χ3n) is 1.59. The molecule has 0 bridgehead atoms. The summed E-state index contributed by atoms with van der Waals surface area (Å²) in [6.07, 6.45) is 4.22. The molecule has 0 spiro atoms. The van der Waals surface area contributed by atoms with Crippen LogP contribution in [0.5, 0.6) is 0 Å². The molecule has 0 aliphatic rings. The Bertz CT molecular complexity index is 218. The van der Waals surface area contributed by atoms with Crippen LogP contribution < -0.4 is 0 Å². The van der Waals surface area contributed by atoms with Crippen LogP contribution in [-0.2, 0) is 6.54 Å². The van der Waals surface area contributed by atoms with E-state index in [1.54, 1.807) is 13.1 Å². The summed E-state index contributed by atoms with van der Waals surface area (Å²) in [6, 6.07) is 0. The normalized spacial score (nSPS) is 13.4. The molecule has 1 rings (SSSR count). The Labute approximate surface area is 66.7 Å². The number of aliphatic hydroxyl groups excluding tert-OH is 1. The second-order valence-corrected chi connectivity index (χ2v) is 2.65. The Kier molecular flexibility index (Phi) is 2.65. The van der Waals surface area contributed by atoms with Crippen LogP contribution in [0.15, 0.2) is 12.4 Å². The van der Waals surface area contributed by atoms with Crippen molar-refractivity contribution in [3.63, 3.8) is 0 Å². The lowest BCUT2D eigenvalue weighted by Crippen LogP contribution is -2.05. The van der Waals surface area contributed by atoms with Crippen molar-refractivity contribution in [1.29, 1.82) is 0 Å². The second-order valence-electron chi connectivity index (χ2n) is 2.65. The number of hydrogen-bond donors (Lipinski definition) is 1. The first-order valence-electron chi connectivity index (χ1n) is 3.94. The minimum Gasteiger partial charge on any atom is -0.385 e. The van der Waals surface area contributed by atoms with Crippen molar-refractivity contribution in [1.82, 2.24) is 9.55 Å². The summed E-state index contributed by atoms with van der Waals surface area (Å²) in [7, 11) is 0. The van der Waals surface area contributed by atoms with Gasteiger partial charge in [0.05, 0.1) is 0 Å². The average molecular weight is 154 g/mol. The molecule has 0 saturated heterocycles. The lowest BCUT2D eigenvalue weighted by atomic mass is 10.3. The maximum atomic E-state index is 9.24. The van der Waals surface area contributed by atoms with Gasteiger partial charge in [0.1, 0.15) is 11.9 Å². The fraction of sp³-hybridized carbons (Fsp3) is 0.625. The van der Waals surface area contributed by atoms with Crippen LogP contribution in [0.25, 0.3) is 0 Å². The van der Waals surface area contributed by atoms with E-state index in [2.05, 4.69) is 11.9 Å². The van der Waals surface area contributed by atoms with Gasteiger partial charge in [0.2, 0.25) is 0 Å². The highest BCUT2D eigenvalue weighted by molar-refractivity contribution is 4.94. The molecule has 1 N–H and O–H groups in total. The van der Waals surface area contributed by atoms with Gasteiger partial charge in [-0.15, -0.1) is 0 Å². The standard InChI is InChI=1S/C8H14N2O/c1-3-5-10-6-4-9-8(10)7(2)11/h4,6-7,11H,3,5H2,1-2H3. The van der Waals surface area contributed by atoms with E-state index >= 15 is 0 Å². The van der Waals surface area contributed by atoms with Gasteiger partial charge >= 0.3 is 0 Å². The van der Waals surface area contributed by atoms with E-state index in [1.165, 1.54) is 0 Å². The summed E-state index contributed by atoms with van der Waals surface area (Å²) in [5.74, 6) is 0.756. The highest BCUT2D eigenvalue weighted by Gasteiger charge is 2.06. The van der Waals surface area contributed by atoms with E-state index in [0.29, 0.717) is 0 Å². The van der Waals surface area contributed by atoms with Crippen LogP contribution in [0, 0.1) is 0 Å². The number of aliphatic hydroxyl groups is 1. The lowest BCUT2D eigenvalue weighted by Gasteiger charge is -2.07. The number of hydrogen-bond acceptors (Lipinski definition) is 2. The van der Waals surface area contributed by atoms with E-state index < -0.39 is 6.10 Å². The molecule has 0 aliphatic carbocycles. The SMILES string of the molecule is CCCn1ccnc1C(C)O. The van der Waals surface area contributed by atoms with Crippen molar-refractivity contribution in [2.45, 2.75) is 32.9 Å². The monoisotopic (exact) mass is 154 g/mol. The molecule has 3 nitrogen and oxygen atoms in total. The Morgan fingerprint density at radius 3 is 3.00 bits per heavy atom. The van der Waals surface area contributed by atoms with E-state index in [1.807, 2.05) is 10.8 Å². The first-order valence-corrected chi connectivity index (χ1v) is 3.94. The molecule has 1 aromatic heterocycles. The molecule has 62 valence electrons. The fourth-order valence-electron chi connectivity index (χ4n) is 1.12. The summed E-state index contributed by atoms with van der Waals surface area (Å²) in [6.45, 7) is 4.76. The Morgan fingerprint density at radius 1 is 1.73 bits per heavy atom. The molecule has 1 unspecified atom stereocenters. The molecule has 0 saturated carbocycles. The third-order valence-corrected chi connectivity index (χ3v) is 1.59. The van der Waals surface area contributed by atoms with Crippen molar-refractivity contribution >= 4 is 0 Å². The van der Waals surface area contributed by atoms with E-state index in [4.69, 9.17) is 0 Å². The summed E-state index contributed by atoms with van der Waals surface area (Å²) in [5, 5.41) is 9.24. The smallest absolute Gasteiger partial charge is 0.137 e. The van der Waals surface area contributed by atoms with Gasteiger partial charge in [0.25, 0.3) is 0 Å². The number of aryl methyl sites for hydroxylation is 1. The van der Waals surface area contributed by atoms with Crippen LogP contribution in [0.3, 0.4) is 0 Å². The molecule has 0 fully saturated rings. The van der Waals surface area contributed by atoms with E-state index in [9.17, 15) is 5.11 Å². The van der Waals surface area contributed by atoms with Crippen molar-refractivity contribution in [3.8, 4) is 0 Å².